The normalized spacial score (nSPS) is 13.5. The molecule has 28 heavy (non-hydrogen) atoms. The van der Waals surface area contributed by atoms with Crippen LogP contribution < -0.4 is 5.32 Å². The SMILES string of the molecule is O=C(NC(C(=O)O)c1ccc(Br)s1)OCC1c2ccccc2-c2ccccc21. The van der Waals surface area contributed by atoms with E-state index in [0.717, 1.165) is 26.0 Å². The third-order valence-electron chi connectivity index (χ3n) is 4.73. The minimum atomic E-state index is -1.15. The summed E-state index contributed by atoms with van der Waals surface area (Å²) in [6.45, 7) is 0.139. The van der Waals surface area contributed by atoms with Crippen LogP contribution in [0.1, 0.15) is 28.0 Å². The number of carbonyl (C=O) groups excluding carboxylic acids is 1. The second-order valence-electron chi connectivity index (χ2n) is 6.38. The van der Waals surface area contributed by atoms with Crippen molar-refractivity contribution >= 4 is 39.3 Å². The Kier molecular flexibility index (Phi) is 5.19. The quantitative estimate of drug-likeness (QED) is 0.553. The Morgan fingerprint density at radius 2 is 1.64 bits per heavy atom. The van der Waals surface area contributed by atoms with Crippen molar-refractivity contribution < 1.29 is 19.4 Å². The van der Waals surface area contributed by atoms with E-state index < -0.39 is 18.1 Å². The number of carbonyl (C=O) groups is 2. The Bertz CT molecular complexity index is 1000. The number of carboxylic acid groups (broad SMARTS) is 1. The highest BCUT2D eigenvalue weighted by Gasteiger charge is 2.30. The van der Waals surface area contributed by atoms with E-state index in [1.807, 2.05) is 36.4 Å². The van der Waals surface area contributed by atoms with Crippen LogP contribution in [0.3, 0.4) is 0 Å². The first-order chi connectivity index (χ1) is 13.5. The zero-order valence-electron chi connectivity index (χ0n) is 14.6. The molecule has 1 aliphatic rings. The molecule has 2 aromatic carbocycles. The van der Waals surface area contributed by atoms with Crippen molar-refractivity contribution in [2.24, 2.45) is 0 Å². The molecule has 1 amide bonds. The average molecular weight is 458 g/mol. The number of alkyl carbamates (subject to hydrolysis) is 1. The number of aliphatic carboxylic acids is 1. The van der Waals surface area contributed by atoms with E-state index in [1.165, 1.54) is 11.3 Å². The van der Waals surface area contributed by atoms with Crippen molar-refractivity contribution in [3.63, 3.8) is 0 Å². The lowest BCUT2D eigenvalue weighted by molar-refractivity contribution is -0.139. The van der Waals surface area contributed by atoms with Crippen LogP contribution in [0.25, 0.3) is 11.1 Å². The molecular weight excluding hydrogens is 442 g/mol. The molecule has 0 aliphatic heterocycles. The molecule has 0 fully saturated rings. The standard InChI is InChI=1S/C21H16BrNO4S/c22-18-10-9-17(28-18)19(20(24)25)23-21(26)27-11-16-14-7-3-1-5-12(14)13-6-2-4-8-15(13)16/h1-10,16,19H,11H2,(H,23,26)(H,24,25). The number of hydrogen-bond donors (Lipinski definition) is 2. The minimum absolute atomic E-state index is 0.0719. The fourth-order valence-electron chi connectivity index (χ4n) is 3.50. The first-order valence-corrected chi connectivity index (χ1v) is 10.2. The first-order valence-electron chi connectivity index (χ1n) is 8.64. The number of nitrogens with one attached hydrogen (secondary N) is 1. The zero-order chi connectivity index (χ0) is 19.7. The van der Waals surface area contributed by atoms with Gasteiger partial charge in [-0.05, 0) is 50.3 Å². The number of ether oxygens (including phenoxy) is 1. The number of carboxylic acids is 1. The molecule has 0 spiro atoms. The van der Waals surface area contributed by atoms with Crippen LogP contribution in [0.4, 0.5) is 4.79 Å². The van der Waals surface area contributed by atoms with Crippen molar-refractivity contribution in [2.75, 3.05) is 6.61 Å². The lowest BCUT2D eigenvalue weighted by atomic mass is 9.98. The van der Waals surface area contributed by atoms with Crippen molar-refractivity contribution in [2.45, 2.75) is 12.0 Å². The first kappa shape index (κ1) is 18.7. The van der Waals surface area contributed by atoms with Gasteiger partial charge in [0.05, 0.1) is 3.79 Å². The molecule has 1 heterocycles. The second-order valence-corrected chi connectivity index (χ2v) is 8.88. The molecule has 0 saturated heterocycles. The largest absolute Gasteiger partial charge is 0.479 e. The Labute approximate surface area is 174 Å². The second kappa shape index (κ2) is 7.77. The molecule has 1 aromatic heterocycles. The van der Waals surface area contributed by atoms with Crippen LogP contribution in [-0.2, 0) is 9.53 Å². The molecule has 7 heteroatoms. The van der Waals surface area contributed by atoms with Crippen molar-refractivity contribution in [3.8, 4) is 11.1 Å². The highest BCUT2D eigenvalue weighted by molar-refractivity contribution is 9.11. The van der Waals surface area contributed by atoms with Gasteiger partial charge in [-0.1, -0.05) is 48.5 Å². The van der Waals surface area contributed by atoms with Gasteiger partial charge in [0.2, 0.25) is 0 Å². The Balaban J connectivity index is 1.48. The topological polar surface area (TPSA) is 75.6 Å². The summed E-state index contributed by atoms with van der Waals surface area (Å²) in [6, 6.07) is 18.4. The van der Waals surface area contributed by atoms with Crippen molar-refractivity contribution in [3.05, 3.63) is 80.5 Å². The summed E-state index contributed by atoms with van der Waals surface area (Å²) < 4.78 is 6.22. The van der Waals surface area contributed by atoms with Crippen molar-refractivity contribution in [1.29, 1.82) is 0 Å². The van der Waals surface area contributed by atoms with Crippen LogP contribution in [0.5, 0.6) is 0 Å². The summed E-state index contributed by atoms with van der Waals surface area (Å²) in [5, 5.41) is 11.9. The maximum atomic E-state index is 12.3. The number of thiophene rings is 1. The van der Waals surface area contributed by atoms with Crippen LogP contribution >= 0.6 is 27.3 Å². The lowest BCUT2D eigenvalue weighted by Gasteiger charge is -2.17. The predicted octanol–water partition coefficient (Wildman–Crippen LogP) is 5.18. The Morgan fingerprint density at radius 1 is 1.04 bits per heavy atom. The van der Waals surface area contributed by atoms with Gasteiger partial charge in [-0.3, -0.25) is 0 Å². The minimum Gasteiger partial charge on any atom is -0.479 e. The molecule has 0 saturated carbocycles. The number of halogens is 1. The Hall–Kier alpha value is -2.64. The van der Waals surface area contributed by atoms with Crippen LogP contribution in [0, 0.1) is 0 Å². The molecule has 1 atom stereocenters. The summed E-state index contributed by atoms with van der Waals surface area (Å²) in [5.41, 5.74) is 4.49. The highest BCUT2D eigenvalue weighted by Crippen LogP contribution is 2.44. The molecule has 3 aromatic rings. The average Bonchev–Trinajstić information content (AvgIpc) is 3.26. The van der Waals surface area contributed by atoms with Crippen LogP contribution in [-0.4, -0.2) is 23.8 Å². The number of hydrogen-bond acceptors (Lipinski definition) is 4. The lowest BCUT2D eigenvalue weighted by Crippen LogP contribution is -2.34. The van der Waals surface area contributed by atoms with E-state index in [2.05, 4.69) is 33.4 Å². The van der Waals surface area contributed by atoms with Crippen molar-refractivity contribution in [1.82, 2.24) is 5.32 Å². The Morgan fingerprint density at radius 3 is 2.18 bits per heavy atom. The van der Waals surface area contributed by atoms with E-state index in [-0.39, 0.29) is 12.5 Å². The molecular formula is C21H16BrNO4S. The molecule has 1 aliphatic carbocycles. The van der Waals surface area contributed by atoms with Gasteiger partial charge in [0.15, 0.2) is 6.04 Å². The van der Waals surface area contributed by atoms with E-state index in [9.17, 15) is 14.7 Å². The van der Waals surface area contributed by atoms with Gasteiger partial charge >= 0.3 is 12.1 Å². The number of benzene rings is 2. The monoisotopic (exact) mass is 457 g/mol. The van der Waals surface area contributed by atoms with E-state index >= 15 is 0 Å². The molecule has 0 radical (unpaired) electrons. The molecule has 2 N–H and O–H groups in total. The third kappa shape index (κ3) is 3.55. The smallest absolute Gasteiger partial charge is 0.408 e. The maximum absolute atomic E-state index is 12.3. The summed E-state index contributed by atoms with van der Waals surface area (Å²) in [4.78, 5) is 24.4. The number of rotatable bonds is 5. The molecule has 1 unspecified atom stereocenters. The maximum Gasteiger partial charge on any atom is 0.408 e. The fourth-order valence-corrected chi connectivity index (χ4v) is 4.96. The van der Waals surface area contributed by atoms with Gasteiger partial charge in [0, 0.05) is 10.8 Å². The molecule has 5 nitrogen and oxygen atoms in total. The highest BCUT2D eigenvalue weighted by atomic mass is 79.9. The fraction of sp³-hybridized carbons (Fsp3) is 0.143. The van der Waals surface area contributed by atoms with E-state index in [4.69, 9.17) is 4.74 Å². The molecule has 4 rings (SSSR count). The number of amides is 1. The van der Waals surface area contributed by atoms with Gasteiger partial charge < -0.3 is 15.2 Å². The van der Waals surface area contributed by atoms with Gasteiger partial charge in [0.1, 0.15) is 6.61 Å². The third-order valence-corrected chi connectivity index (χ3v) is 6.42. The van der Waals surface area contributed by atoms with E-state index in [0.29, 0.717) is 4.88 Å². The van der Waals surface area contributed by atoms with Gasteiger partial charge in [0.25, 0.3) is 0 Å². The summed E-state index contributed by atoms with van der Waals surface area (Å²) >= 11 is 4.56. The zero-order valence-corrected chi connectivity index (χ0v) is 17.0. The van der Waals surface area contributed by atoms with Crippen LogP contribution in [0.2, 0.25) is 0 Å². The number of fused-ring (bicyclic) bond motifs is 3. The molecule has 142 valence electrons. The summed E-state index contributed by atoms with van der Waals surface area (Å²) in [6.07, 6.45) is -0.751. The van der Waals surface area contributed by atoms with Gasteiger partial charge in [-0.25, -0.2) is 9.59 Å². The van der Waals surface area contributed by atoms with Gasteiger partial charge in [-0.2, -0.15) is 0 Å². The predicted molar refractivity (Wildman–Crippen MR) is 111 cm³/mol. The molecule has 0 bridgehead atoms. The summed E-state index contributed by atoms with van der Waals surface area (Å²) in [5.74, 6) is -1.21. The van der Waals surface area contributed by atoms with E-state index in [1.54, 1.807) is 12.1 Å². The van der Waals surface area contributed by atoms with Crippen LogP contribution in [0.15, 0.2) is 64.5 Å². The summed E-state index contributed by atoms with van der Waals surface area (Å²) in [7, 11) is 0. The van der Waals surface area contributed by atoms with Gasteiger partial charge in [-0.15, -0.1) is 11.3 Å².